The second-order valence-corrected chi connectivity index (χ2v) is 5.36. The van der Waals surface area contributed by atoms with Crippen LogP contribution in [0.3, 0.4) is 0 Å². The van der Waals surface area contributed by atoms with Crippen LogP contribution in [0.4, 0.5) is 0 Å². The molecule has 0 N–H and O–H groups in total. The first kappa shape index (κ1) is 10.9. The van der Waals surface area contributed by atoms with E-state index < -0.39 is 0 Å². The lowest BCUT2D eigenvalue weighted by molar-refractivity contribution is 0.195. The fourth-order valence-electron chi connectivity index (χ4n) is 2.39. The van der Waals surface area contributed by atoms with Crippen LogP contribution in [0.25, 0.3) is 0 Å². The molecule has 4 nitrogen and oxygen atoms in total. The van der Waals surface area contributed by atoms with Crippen LogP contribution in [0.15, 0.2) is 28.4 Å². The Bertz CT molecular complexity index is 440. The largest absolute Gasteiger partial charge is 0.364 e. The van der Waals surface area contributed by atoms with E-state index in [2.05, 4.69) is 20.4 Å². The summed E-state index contributed by atoms with van der Waals surface area (Å²) < 4.78 is 4.87. The summed E-state index contributed by atoms with van der Waals surface area (Å²) in [6.45, 7) is 3.12. The number of thiazole rings is 1. The minimum absolute atomic E-state index is 0.593. The Morgan fingerprint density at radius 1 is 1.53 bits per heavy atom. The molecular formula is C12H15N3OS. The molecule has 0 spiro atoms. The molecule has 0 aromatic carbocycles. The molecule has 0 bridgehead atoms. The lowest BCUT2D eigenvalue weighted by Gasteiger charge is -2.30. The van der Waals surface area contributed by atoms with Crippen molar-refractivity contribution in [2.75, 3.05) is 13.1 Å². The molecule has 1 atom stereocenters. The van der Waals surface area contributed by atoms with Crippen molar-refractivity contribution in [2.45, 2.75) is 25.3 Å². The number of aromatic nitrogens is 2. The molecule has 0 saturated carbocycles. The van der Waals surface area contributed by atoms with Crippen molar-refractivity contribution in [3.8, 4) is 0 Å². The lowest BCUT2D eigenvalue weighted by atomic mass is 9.98. The SMILES string of the molecule is c1csc(C2CCCN(Cc3ccon3)C2)n1. The molecule has 1 fully saturated rings. The zero-order chi connectivity index (χ0) is 11.5. The Kier molecular flexibility index (Phi) is 3.20. The molecule has 1 aliphatic rings. The Morgan fingerprint density at radius 3 is 3.29 bits per heavy atom. The van der Waals surface area contributed by atoms with Gasteiger partial charge < -0.3 is 4.52 Å². The maximum atomic E-state index is 4.87. The maximum Gasteiger partial charge on any atom is 0.124 e. The predicted octanol–water partition coefficient (Wildman–Crippen LogP) is 2.51. The van der Waals surface area contributed by atoms with Gasteiger partial charge in [-0.15, -0.1) is 11.3 Å². The zero-order valence-corrected chi connectivity index (χ0v) is 10.4. The van der Waals surface area contributed by atoms with Gasteiger partial charge in [-0.2, -0.15) is 0 Å². The standard InChI is InChI=1S/C12H15N3OS/c1-2-10(12-13-4-7-17-12)8-15(5-1)9-11-3-6-16-14-11/h3-4,6-7,10H,1-2,5,8-9H2. The summed E-state index contributed by atoms with van der Waals surface area (Å²) in [5.74, 6) is 0.593. The lowest BCUT2D eigenvalue weighted by Crippen LogP contribution is -2.33. The van der Waals surface area contributed by atoms with Gasteiger partial charge in [-0.05, 0) is 19.4 Å². The molecular weight excluding hydrogens is 234 g/mol. The van der Waals surface area contributed by atoms with Gasteiger partial charge in [0, 0.05) is 36.7 Å². The minimum atomic E-state index is 0.593. The van der Waals surface area contributed by atoms with E-state index in [4.69, 9.17) is 4.52 Å². The van der Waals surface area contributed by atoms with E-state index in [-0.39, 0.29) is 0 Å². The summed E-state index contributed by atoms with van der Waals surface area (Å²) in [5, 5.41) is 7.30. The smallest absolute Gasteiger partial charge is 0.124 e. The van der Waals surface area contributed by atoms with Crippen molar-refractivity contribution in [2.24, 2.45) is 0 Å². The highest BCUT2D eigenvalue weighted by atomic mass is 32.1. The van der Waals surface area contributed by atoms with Crippen LogP contribution < -0.4 is 0 Å². The van der Waals surface area contributed by atoms with E-state index >= 15 is 0 Å². The average molecular weight is 249 g/mol. The van der Waals surface area contributed by atoms with Gasteiger partial charge in [0.2, 0.25) is 0 Å². The molecule has 0 amide bonds. The molecule has 2 aromatic rings. The van der Waals surface area contributed by atoms with E-state index in [0.717, 1.165) is 25.3 Å². The minimum Gasteiger partial charge on any atom is -0.364 e. The summed E-state index contributed by atoms with van der Waals surface area (Å²) >= 11 is 1.77. The van der Waals surface area contributed by atoms with E-state index in [1.165, 1.54) is 17.8 Å². The Labute approximate surface area is 104 Å². The Balaban J connectivity index is 1.64. The first-order valence-corrected chi connectivity index (χ1v) is 6.81. The number of likely N-dealkylation sites (tertiary alicyclic amines) is 1. The molecule has 3 rings (SSSR count). The average Bonchev–Trinajstić information content (AvgIpc) is 3.01. The molecule has 1 aliphatic heterocycles. The summed E-state index contributed by atoms with van der Waals surface area (Å²) in [4.78, 5) is 6.87. The molecule has 90 valence electrons. The third kappa shape index (κ3) is 2.56. The van der Waals surface area contributed by atoms with Gasteiger partial charge in [0.25, 0.3) is 0 Å². The van der Waals surface area contributed by atoms with Crippen molar-refractivity contribution >= 4 is 11.3 Å². The normalized spacial score (nSPS) is 21.8. The quantitative estimate of drug-likeness (QED) is 0.838. The van der Waals surface area contributed by atoms with Crippen LogP contribution in [-0.4, -0.2) is 28.1 Å². The molecule has 0 aliphatic carbocycles. The van der Waals surface area contributed by atoms with Gasteiger partial charge in [0.15, 0.2) is 0 Å². The predicted molar refractivity (Wildman–Crippen MR) is 65.9 cm³/mol. The van der Waals surface area contributed by atoms with Gasteiger partial charge >= 0.3 is 0 Å². The summed E-state index contributed by atoms with van der Waals surface area (Å²) in [7, 11) is 0. The molecule has 0 radical (unpaired) electrons. The molecule has 1 saturated heterocycles. The first-order chi connectivity index (χ1) is 8.42. The van der Waals surface area contributed by atoms with E-state index in [9.17, 15) is 0 Å². The summed E-state index contributed by atoms with van der Waals surface area (Å²) in [6.07, 6.45) is 6.03. The Hall–Kier alpha value is -1.20. The van der Waals surface area contributed by atoms with Gasteiger partial charge in [-0.25, -0.2) is 4.98 Å². The number of rotatable bonds is 3. The van der Waals surface area contributed by atoms with Gasteiger partial charge in [-0.1, -0.05) is 5.16 Å². The molecule has 2 aromatic heterocycles. The van der Waals surface area contributed by atoms with Crippen LogP contribution >= 0.6 is 11.3 Å². The van der Waals surface area contributed by atoms with Gasteiger partial charge in [0.05, 0.1) is 10.7 Å². The van der Waals surface area contributed by atoms with E-state index in [1.54, 1.807) is 17.6 Å². The second kappa shape index (κ2) is 4.98. The third-order valence-electron chi connectivity index (χ3n) is 3.18. The highest BCUT2D eigenvalue weighted by Gasteiger charge is 2.23. The molecule has 5 heteroatoms. The molecule has 3 heterocycles. The first-order valence-electron chi connectivity index (χ1n) is 5.93. The van der Waals surface area contributed by atoms with Crippen molar-refractivity contribution in [1.29, 1.82) is 0 Å². The topological polar surface area (TPSA) is 42.2 Å². The Morgan fingerprint density at radius 2 is 2.53 bits per heavy atom. The van der Waals surface area contributed by atoms with Crippen LogP contribution in [0, 0.1) is 0 Å². The maximum absolute atomic E-state index is 4.87. The zero-order valence-electron chi connectivity index (χ0n) is 9.58. The third-order valence-corrected chi connectivity index (χ3v) is 4.12. The second-order valence-electron chi connectivity index (χ2n) is 4.44. The number of piperidine rings is 1. The number of hydrogen-bond donors (Lipinski definition) is 0. The fraction of sp³-hybridized carbons (Fsp3) is 0.500. The van der Waals surface area contributed by atoms with E-state index in [1.807, 2.05) is 12.3 Å². The van der Waals surface area contributed by atoms with Crippen LogP contribution in [0.2, 0.25) is 0 Å². The van der Waals surface area contributed by atoms with Gasteiger partial charge in [0.1, 0.15) is 6.26 Å². The summed E-state index contributed by atoms with van der Waals surface area (Å²) in [6, 6.07) is 1.94. The van der Waals surface area contributed by atoms with Crippen LogP contribution in [0.1, 0.15) is 29.5 Å². The van der Waals surface area contributed by atoms with Crippen molar-refractivity contribution < 1.29 is 4.52 Å². The highest BCUT2D eigenvalue weighted by molar-refractivity contribution is 7.09. The monoisotopic (exact) mass is 249 g/mol. The fourth-order valence-corrected chi connectivity index (χ4v) is 3.15. The summed E-state index contributed by atoms with van der Waals surface area (Å²) in [5.41, 5.74) is 1.02. The van der Waals surface area contributed by atoms with Crippen molar-refractivity contribution in [3.63, 3.8) is 0 Å². The number of nitrogens with zero attached hydrogens (tertiary/aromatic N) is 3. The molecule has 1 unspecified atom stereocenters. The van der Waals surface area contributed by atoms with Crippen molar-refractivity contribution in [1.82, 2.24) is 15.0 Å². The van der Waals surface area contributed by atoms with Crippen LogP contribution in [-0.2, 0) is 6.54 Å². The van der Waals surface area contributed by atoms with Crippen LogP contribution in [0.5, 0.6) is 0 Å². The van der Waals surface area contributed by atoms with Crippen molar-refractivity contribution in [3.05, 3.63) is 34.6 Å². The number of hydrogen-bond acceptors (Lipinski definition) is 5. The highest BCUT2D eigenvalue weighted by Crippen LogP contribution is 2.28. The van der Waals surface area contributed by atoms with E-state index in [0.29, 0.717) is 5.92 Å². The molecule has 17 heavy (non-hydrogen) atoms. The van der Waals surface area contributed by atoms with Gasteiger partial charge in [-0.3, -0.25) is 4.90 Å².